The Labute approximate surface area is 266 Å². The lowest BCUT2D eigenvalue weighted by atomic mass is 9.83. The van der Waals surface area contributed by atoms with E-state index in [-0.39, 0.29) is 25.7 Å². The quantitative estimate of drug-likeness (QED) is 0.0437. The number of nitrogens with two attached hydrogens (primary N) is 3. The van der Waals surface area contributed by atoms with Crippen LogP contribution in [0.1, 0.15) is 26.2 Å². The van der Waals surface area contributed by atoms with Crippen LogP contribution < -0.4 is 27.8 Å². The minimum Gasteiger partial charge on any atom is -0.394 e. The maximum atomic E-state index is 12.6. The number of rotatable bonds is 15. The predicted molar refractivity (Wildman–Crippen MR) is 159 cm³/mol. The highest BCUT2D eigenvalue weighted by atomic mass is 19.1. The van der Waals surface area contributed by atoms with E-state index in [9.17, 15) is 40.1 Å². The van der Waals surface area contributed by atoms with Crippen LogP contribution in [-0.4, -0.2) is 184 Å². The van der Waals surface area contributed by atoms with Crippen LogP contribution >= 0.6 is 0 Å². The molecular weight excluding hydrogens is 619 g/mol. The summed E-state index contributed by atoms with van der Waals surface area (Å²) >= 11 is 0. The molecule has 46 heavy (non-hydrogen) atoms. The molecular formula is C27H53FN6O12. The van der Waals surface area contributed by atoms with E-state index in [1.807, 2.05) is 0 Å². The lowest BCUT2D eigenvalue weighted by Crippen LogP contribution is -2.67. The van der Waals surface area contributed by atoms with E-state index in [0.717, 1.165) is 0 Å². The Kier molecular flexibility index (Phi) is 14.9. The molecule has 19 heteroatoms. The van der Waals surface area contributed by atoms with Crippen LogP contribution in [0.15, 0.2) is 4.99 Å². The number of alkyl halides is 1. The highest BCUT2D eigenvalue weighted by Crippen LogP contribution is 2.33. The number of hydrogen-bond acceptors (Lipinski definition) is 17. The van der Waals surface area contributed by atoms with Crippen molar-refractivity contribution in [1.82, 2.24) is 10.6 Å². The topological polar surface area (TPSA) is 313 Å². The second-order valence-corrected chi connectivity index (χ2v) is 12.4. The Bertz CT molecular complexity index is 961. The van der Waals surface area contributed by atoms with Gasteiger partial charge < -0.3 is 87.6 Å². The number of amidine groups is 1. The summed E-state index contributed by atoms with van der Waals surface area (Å²) < 4.78 is 36.3. The summed E-state index contributed by atoms with van der Waals surface area (Å²) in [4.78, 5) is 4.23. The monoisotopic (exact) mass is 672 g/mol. The smallest absolute Gasteiger partial charge is 0.185 e. The van der Waals surface area contributed by atoms with Crippen LogP contribution in [0.3, 0.4) is 0 Å². The van der Waals surface area contributed by atoms with Crippen molar-refractivity contribution < 1.29 is 64.2 Å². The van der Waals surface area contributed by atoms with Gasteiger partial charge in [-0.15, -0.1) is 0 Å². The van der Waals surface area contributed by atoms with Crippen molar-refractivity contribution >= 4 is 5.84 Å². The minimum absolute atomic E-state index is 0.0862. The van der Waals surface area contributed by atoms with Crippen LogP contribution in [0.2, 0.25) is 0 Å². The van der Waals surface area contributed by atoms with Gasteiger partial charge in [-0.2, -0.15) is 0 Å². The molecule has 18 nitrogen and oxygen atoms in total. The predicted octanol–water partition coefficient (Wildman–Crippen LogP) is -6.54. The number of aliphatic hydroxyl groups excluding tert-OH is 7. The highest BCUT2D eigenvalue weighted by molar-refractivity contribution is 5.85. The standard InChI is InChI=1S/C27H53FN6O12/c1-27(42)10-43-26(20(41)23(27)32-2)46-22-14(34-24(31)18(39)17(38)16(37)15(36)9-35)7-13(30)21(19(22)40)45-25-12(29)4-3-11(44-25)8-33-6-5-28/h11-23,25-26,32-33,35-42H,3-10,29-30H2,1-2H3,(H2,31,34)/t11-,12+,13-,14+,15?,16?,17?,18?,19-,20+,21+,22-,23+,25+,26+,27-/m0/s1. The first-order valence-electron chi connectivity index (χ1n) is 15.4. The van der Waals surface area contributed by atoms with Crippen molar-refractivity contribution in [1.29, 1.82) is 0 Å². The van der Waals surface area contributed by atoms with Gasteiger partial charge >= 0.3 is 0 Å². The van der Waals surface area contributed by atoms with E-state index in [4.69, 9.17) is 41.3 Å². The maximum Gasteiger partial charge on any atom is 0.185 e. The van der Waals surface area contributed by atoms with E-state index in [0.29, 0.717) is 19.4 Å². The maximum absolute atomic E-state index is 12.6. The molecule has 4 unspecified atom stereocenters. The average molecular weight is 673 g/mol. The number of halogens is 1. The van der Waals surface area contributed by atoms with Gasteiger partial charge in [-0.3, -0.25) is 4.99 Å². The molecule has 0 aromatic carbocycles. The number of ether oxygens (including phenoxy) is 4. The number of nitrogens with one attached hydrogen (secondary N) is 2. The third kappa shape index (κ3) is 9.47. The Morgan fingerprint density at radius 3 is 2.35 bits per heavy atom. The van der Waals surface area contributed by atoms with Gasteiger partial charge in [0.15, 0.2) is 12.6 Å². The third-order valence-corrected chi connectivity index (χ3v) is 8.73. The molecule has 16 atom stereocenters. The third-order valence-electron chi connectivity index (χ3n) is 8.73. The fourth-order valence-electron chi connectivity index (χ4n) is 6.02. The van der Waals surface area contributed by atoms with Crippen LogP contribution in [0.5, 0.6) is 0 Å². The molecule has 16 N–H and O–H groups in total. The van der Waals surface area contributed by atoms with Gasteiger partial charge in [0, 0.05) is 19.1 Å². The molecule has 0 bridgehead atoms. The number of likely N-dealkylation sites (N-methyl/N-ethyl adjacent to an activating group) is 1. The fourth-order valence-corrected chi connectivity index (χ4v) is 6.02. The lowest BCUT2D eigenvalue weighted by Gasteiger charge is -2.48. The summed E-state index contributed by atoms with van der Waals surface area (Å²) in [6.07, 6.45) is -15.1. The molecule has 270 valence electrons. The van der Waals surface area contributed by atoms with Crippen LogP contribution in [-0.2, 0) is 18.9 Å². The van der Waals surface area contributed by atoms with Gasteiger partial charge in [0.05, 0.1) is 37.4 Å². The Hall–Kier alpha value is -1.24. The van der Waals surface area contributed by atoms with E-state index in [1.165, 1.54) is 14.0 Å². The van der Waals surface area contributed by atoms with Gasteiger partial charge in [-0.1, -0.05) is 0 Å². The highest BCUT2D eigenvalue weighted by Gasteiger charge is 2.52. The van der Waals surface area contributed by atoms with Crippen LogP contribution in [0.25, 0.3) is 0 Å². The second-order valence-electron chi connectivity index (χ2n) is 12.4. The molecule has 0 aromatic rings. The first-order valence-corrected chi connectivity index (χ1v) is 15.4. The van der Waals surface area contributed by atoms with Crippen molar-refractivity contribution in [3.05, 3.63) is 0 Å². The zero-order valence-electron chi connectivity index (χ0n) is 26.1. The molecule has 0 radical (unpaired) electrons. The van der Waals surface area contributed by atoms with Gasteiger partial charge in [0.25, 0.3) is 0 Å². The summed E-state index contributed by atoms with van der Waals surface area (Å²) in [6.45, 7) is 0.260. The number of aliphatic imine (C=N–C) groups is 1. The van der Waals surface area contributed by atoms with E-state index < -0.39 is 110 Å². The Morgan fingerprint density at radius 2 is 1.72 bits per heavy atom. The van der Waals surface area contributed by atoms with E-state index >= 15 is 0 Å². The summed E-state index contributed by atoms with van der Waals surface area (Å²) in [5.74, 6) is -0.614. The molecule has 3 rings (SSSR count). The molecule has 0 spiro atoms. The van der Waals surface area contributed by atoms with Crippen molar-refractivity contribution in [2.24, 2.45) is 22.2 Å². The van der Waals surface area contributed by atoms with Gasteiger partial charge in [0.1, 0.15) is 66.9 Å². The first-order chi connectivity index (χ1) is 21.7. The van der Waals surface area contributed by atoms with E-state index in [2.05, 4.69) is 15.6 Å². The van der Waals surface area contributed by atoms with Crippen LogP contribution in [0.4, 0.5) is 4.39 Å². The van der Waals surface area contributed by atoms with Crippen molar-refractivity contribution in [2.75, 3.05) is 40.0 Å². The fraction of sp³-hybridized carbons (Fsp3) is 0.963. The van der Waals surface area contributed by atoms with Gasteiger partial charge in [-0.25, -0.2) is 4.39 Å². The average Bonchev–Trinajstić information content (AvgIpc) is 3.01. The van der Waals surface area contributed by atoms with Gasteiger partial charge in [0.2, 0.25) is 0 Å². The van der Waals surface area contributed by atoms with Crippen molar-refractivity contribution in [3.8, 4) is 0 Å². The largest absolute Gasteiger partial charge is 0.394 e. The molecule has 1 aliphatic carbocycles. The normalized spacial score (nSPS) is 41.9. The first kappa shape index (κ1) is 39.2. The molecule has 0 amide bonds. The lowest BCUT2D eigenvalue weighted by molar-refractivity contribution is -0.306. The van der Waals surface area contributed by atoms with Crippen molar-refractivity contribution in [2.45, 2.75) is 123 Å². The molecule has 2 heterocycles. The molecule has 2 saturated heterocycles. The number of aliphatic hydroxyl groups is 8. The molecule has 0 aromatic heterocycles. The summed E-state index contributed by atoms with van der Waals surface area (Å²) in [5, 5.41) is 88.7. The summed E-state index contributed by atoms with van der Waals surface area (Å²) in [5.41, 5.74) is 17.2. The molecule has 3 fully saturated rings. The number of nitrogens with zero attached hydrogens (tertiary/aromatic N) is 1. The summed E-state index contributed by atoms with van der Waals surface area (Å²) in [7, 11) is 1.53. The Balaban J connectivity index is 1.86. The summed E-state index contributed by atoms with van der Waals surface area (Å²) in [6, 6.07) is -3.57. The zero-order valence-corrected chi connectivity index (χ0v) is 26.1. The second kappa shape index (κ2) is 17.4. The Morgan fingerprint density at radius 1 is 1.04 bits per heavy atom. The van der Waals surface area contributed by atoms with Gasteiger partial charge in [-0.05, 0) is 33.2 Å². The molecule has 1 saturated carbocycles. The number of hydrogen-bond donors (Lipinski definition) is 13. The van der Waals surface area contributed by atoms with E-state index in [1.54, 1.807) is 0 Å². The molecule has 2 aliphatic heterocycles. The SMILES string of the molecule is CN[C@@H]1[C@@H](O)[C@@H](O[C@@H]2[C@@H](O)[C@H](O[C@H]3O[C@H](CNCCF)CC[C@H]3N)[C@@H](N)C[C@H]2N=C(N)C(O)C(O)C(O)C(O)CO)OC[C@]1(C)O. The minimum atomic E-state index is -2.05. The zero-order chi connectivity index (χ0) is 34.3. The van der Waals surface area contributed by atoms with Crippen LogP contribution in [0, 0.1) is 0 Å². The van der Waals surface area contributed by atoms with Crippen molar-refractivity contribution in [3.63, 3.8) is 0 Å². The molecule has 3 aliphatic rings.